The number of hydrogen-bond donors (Lipinski definition) is 0. The van der Waals surface area contributed by atoms with Crippen LogP contribution in [-0.2, 0) is 12.6 Å². The quantitative estimate of drug-likeness (QED) is 0.772. The molecular weight excluding hydrogens is 329 g/mol. The van der Waals surface area contributed by atoms with Crippen molar-refractivity contribution in [3.8, 4) is 0 Å². The Bertz CT molecular complexity index is 904. The maximum Gasteiger partial charge on any atom is 0.416 e. The standard InChI is InChI=1S/C20H15F3O2/c1-11-4-3-5-15-17(11)19(25)16(12(2)18(15)24)10-13-6-8-14(9-7-13)20(21,22)23/h3-9H,10H2,1-2H3. The molecule has 25 heavy (non-hydrogen) atoms. The lowest BCUT2D eigenvalue weighted by atomic mass is 9.80. The zero-order valence-corrected chi connectivity index (χ0v) is 13.7. The van der Waals surface area contributed by atoms with Crippen molar-refractivity contribution < 1.29 is 22.8 Å². The van der Waals surface area contributed by atoms with Gasteiger partial charge in [0.1, 0.15) is 0 Å². The van der Waals surface area contributed by atoms with Crippen LogP contribution in [0.2, 0.25) is 0 Å². The van der Waals surface area contributed by atoms with Crippen LogP contribution in [0, 0.1) is 6.92 Å². The molecule has 0 atom stereocenters. The van der Waals surface area contributed by atoms with Gasteiger partial charge in [0.05, 0.1) is 5.56 Å². The van der Waals surface area contributed by atoms with E-state index in [0.29, 0.717) is 33.4 Å². The Morgan fingerprint density at radius 2 is 1.52 bits per heavy atom. The van der Waals surface area contributed by atoms with Crippen molar-refractivity contribution in [2.45, 2.75) is 26.4 Å². The zero-order valence-electron chi connectivity index (χ0n) is 13.7. The van der Waals surface area contributed by atoms with Gasteiger partial charge >= 0.3 is 6.18 Å². The highest BCUT2D eigenvalue weighted by molar-refractivity contribution is 6.27. The molecule has 5 heteroatoms. The van der Waals surface area contributed by atoms with Crippen LogP contribution >= 0.6 is 0 Å². The second-order valence-corrected chi connectivity index (χ2v) is 6.13. The summed E-state index contributed by atoms with van der Waals surface area (Å²) >= 11 is 0. The zero-order chi connectivity index (χ0) is 18.4. The second-order valence-electron chi connectivity index (χ2n) is 6.13. The number of benzene rings is 2. The summed E-state index contributed by atoms with van der Waals surface area (Å²) in [6, 6.07) is 9.77. The molecule has 0 bridgehead atoms. The Morgan fingerprint density at radius 1 is 0.880 bits per heavy atom. The molecule has 2 nitrogen and oxygen atoms in total. The van der Waals surface area contributed by atoms with E-state index in [1.165, 1.54) is 12.1 Å². The Kier molecular flexibility index (Phi) is 4.11. The van der Waals surface area contributed by atoms with Gasteiger partial charge < -0.3 is 0 Å². The average Bonchev–Trinajstić information content (AvgIpc) is 2.56. The van der Waals surface area contributed by atoms with Gasteiger partial charge in [-0.05, 0) is 37.1 Å². The van der Waals surface area contributed by atoms with Gasteiger partial charge in [-0.3, -0.25) is 9.59 Å². The number of halogens is 3. The summed E-state index contributed by atoms with van der Waals surface area (Å²) in [5.74, 6) is -0.440. The van der Waals surface area contributed by atoms with Crippen LogP contribution in [0.3, 0.4) is 0 Å². The van der Waals surface area contributed by atoms with Crippen molar-refractivity contribution in [3.63, 3.8) is 0 Å². The monoisotopic (exact) mass is 344 g/mol. The van der Waals surface area contributed by atoms with Crippen LogP contribution in [-0.4, -0.2) is 11.6 Å². The highest BCUT2D eigenvalue weighted by Gasteiger charge is 2.32. The number of hydrogen-bond acceptors (Lipinski definition) is 2. The van der Waals surface area contributed by atoms with Crippen LogP contribution in [0.5, 0.6) is 0 Å². The Morgan fingerprint density at radius 3 is 2.12 bits per heavy atom. The minimum Gasteiger partial charge on any atom is -0.289 e. The molecular formula is C20H15F3O2. The minimum absolute atomic E-state index is 0.127. The van der Waals surface area contributed by atoms with E-state index >= 15 is 0 Å². The Balaban J connectivity index is 1.98. The van der Waals surface area contributed by atoms with Crippen molar-refractivity contribution >= 4 is 11.6 Å². The van der Waals surface area contributed by atoms with E-state index < -0.39 is 11.7 Å². The van der Waals surface area contributed by atoms with Crippen molar-refractivity contribution in [2.24, 2.45) is 0 Å². The number of carbonyl (C=O) groups excluding carboxylic acids is 2. The first kappa shape index (κ1) is 17.1. The molecule has 0 amide bonds. The van der Waals surface area contributed by atoms with Crippen molar-refractivity contribution in [1.29, 1.82) is 0 Å². The molecule has 0 unspecified atom stereocenters. The highest BCUT2D eigenvalue weighted by atomic mass is 19.4. The summed E-state index contributed by atoms with van der Waals surface area (Å²) in [6.07, 6.45) is -4.28. The van der Waals surface area contributed by atoms with Gasteiger partial charge in [0.25, 0.3) is 0 Å². The molecule has 2 aromatic rings. The number of carbonyl (C=O) groups is 2. The maximum absolute atomic E-state index is 12.8. The predicted molar refractivity (Wildman–Crippen MR) is 87.7 cm³/mol. The SMILES string of the molecule is CC1=C(Cc2ccc(C(F)(F)F)cc2)C(=O)c2c(C)cccc2C1=O. The number of aryl methyl sites for hydroxylation is 1. The van der Waals surface area contributed by atoms with Crippen molar-refractivity contribution in [1.82, 2.24) is 0 Å². The van der Waals surface area contributed by atoms with Crippen LogP contribution < -0.4 is 0 Å². The summed E-state index contributed by atoms with van der Waals surface area (Å²) in [4.78, 5) is 25.4. The molecule has 0 saturated carbocycles. The highest BCUT2D eigenvalue weighted by Crippen LogP contribution is 2.32. The van der Waals surface area contributed by atoms with E-state index in [1.54, 1.807) is 32.0 Å². The Labute approximate surface area is 143 Å². The first-order valence-electron chi connectivity index (χ1n) is 7.75. The fraction of sp³-hybridized carbons (Fsp3) is 0.200. The lowest BCUT2D eigenvalue weighted by Crippen LogP contribution is -2.23. The van der Waals surface area contributed by atoms with Gasteiger partial charge in [-0.25, -0.2) is 0 Å². The van der Waals surface area contributed by atoms with E-state index in [0.717, 1.165) is 12.1 Å². The Hall–Kier alpha value is -2.69. The topological polar surface area (TPSA) is 34.1 Å². The van der Waals surface area contributed by atoms with Crippen LogP contribution in [0.15, 0.2) is 53.6 Å². The molecule has 0 heterocycles. The number of Topliss-reactive ketones (excluding diaryl/α,β-unsaturated/α-hetero) is 2. The number of rotatable bonds is 2. The molecule has 0 aromatic heterocycles. The number of alkyl halides is 3. The van der Waals surface area contributed by atoms with E-state index in [1.807, 2.05) is 0 Å². The molecule has 0 N–H and O–H groups in total. The van der Waals surface area contributed by atoms with Crippen LogP contribution in [0.1, 0.15) is 44.3 Å². The van der Waals surface area contributed by atoms with E-state index in [9.17, 15) is 22.8 Å². The first-order valence-corrected chi connectivity index (χ1v) is 7.75. The van der Waals surface area contributed by atoms with Crippen molar-refractivity contribution in [3.05, 3.63) is 81.4 Å². The minimum atomic E-state index is -4.40. The lowest BCUT2D eigenvalue weighted by Gasteiger charge is -2.21. The molecule has 3 rings (SSSR count). The number of allylic oxidation sites excluding steroid dienone is 2. The van der Waals surface area contributed by atoms with E-state index in [2.05, 4.69) is 0 Å². The van der Waals surface area contributed by atoms with Crippen LogP contribution in [0.4, 0.5) is 13.2 Å². The largest absolute Gasteiger partial charge is 0.416 e. The third kappa shape index (κ3) is 3.02. The van der Waals surface area contributed by atoms with Gasteiger partial charge in [0.15, 0.2) is 11.6 Å². The molecule has 1 aliphatic rings. The first-order chi connectivity index (χ1) is 11.7. The summed E-state index contributed by atoms with van der Waals surface area (Å²) in [6.45, 7) is 3.35. The molecule has 0 spiro atoms. The van der Waals surface area contributed by atoms with E-state index in [-0.39, 0.29) is 18.0 Å². The molecule has 0 aliphatic heterocycles. The van der Waals surface area contributed by atoms with Gasteiger partial charge in [0, 0.05) is 28.7 Å². The summed E-state index contributed by atoms with van der Waals surface area (Å²) in [5.41, 5.74) is 2.00. The third-order valence-electron chi connectivity index (χ3n) is 4.47. The van der Waals surface area contributed by atoms with Gasteiger partial charge in [-0.15, -0.1) is 0 Å². The van der Waals surface area contributed by atoms with Gasteiger partial charge in [-0.2, -0.15) is 13.2 Å². The summed E-state index contributed by atoms with van der Waals surface area (Å²) < 4.78 is 38.0. The van der Waals surface area contributed by atoms with Gasteiger partial charge in [-0.1, -0.05) is 30.3 Å². The van der Waals surface area contributed by atoms with Gasteiger partial charge in [0.2, 0.25) is 0 Å². The third-order valence-corrected chi connectivity index (χ3v) is 4.47. The van der Waals surface area contributed by atoms with Crippen LogP contribution in [0.25, 0.3) is 0 Å². The fourth-order valence-electron chi connectivity index (χ4n) is 3.05. The van der Waals surface area contributed by atoms with Crippen molar-refractivity contribution in [2.75, 3.05) is 0 Å². The normalized spacial score (nSPS) is 14.8. The van der Waals surface area contributed by atoms with E-state index in [4.69, 9.17) is 0 Å². The average molecular weight is 344 g/mol. The second kappa shape index (κ2) is 5.99. The predicted octanol–water partition coefficient (Wildman–Crippen LogP) is 4.95. The smallest absolute Gasteiger partial charge is 0.289 e. The molecule has 1 aliphatic carbocycles. The molecule has 0 saturated heterocycles. The molecule has 0 fully saturated rings. The molecule has 0 radical (unpaired) electrons. The molecule has 2 aromatic carbocycles. The summed E-state index contributed by atoms with van der Waals surface area (Å²) in [7, 11) is 0. The lowest BCUT2D eigenvalue weighted by molar-refractivity contribution is -0.137. The molecule has 128 valence electrons. The summed E-state index contributed by atoms with van der Waals surface area (Å²) in [5, 5.41) is 0. The number of ketones is 2. The number of fused-ring (bicyclic) bond motifs is 1. The maximum atomic E-state index is 12.8. The fourth-order valence-corrected chi connectivity index (χ4v) is 3.05.